The van der Waals surface area contributed by atoms with Gasteiger partial charge in [-0.2, -0.15) is 0 Å². The van der Waals surface area contributed by atoms with Crippen LogP contribution in [0.2, 0.25) is 0 Å². The number of carbonyl (C=O) groups is 3. The highest BCUT2D eigenvalue weighted by molar-refractivity contribution is 5.71. The van der Waals surface area contributed by atoms with E-state index in [1.807, 2.05) is 0 Å². The van der Waals surface area contributed by atoms with Gasteiger partial charge in [0.15, 0.2) is 6.10 Å². The van der Waals surface area contributed by atoms with Crippen LogP contribution in [0.5, 0.6) is 0 Å². The summed E-state index contributed by atoms with van der Waals surface area (Å²) in [5.74, 6) is -0.889. The number of allylic oxidation sites excluding steroid dienone is 4. The third-order valence-corrected chi connectivity index (χ3v) is 11.2. The largest absolute Gasteiger partial charge is 0.462 e. The molecule has 0 aromatic rings. The maximum Gasteiger partial charge on any atom is 0.306 e. The van der Waals surface area contributed by atoms with Crippen LogP contribution in [-0.2, 0) is 28.6 Å². The van der Waals surface area contributed by atoms with E-state index in [-0.39, 0.29) is 31.1 Å². The first-order valence-electron chi connectivity index (χ1n) is 25.3. The number of hydrogen-bond acceptors (Lipinski definition) is 6. The van der Waals surface area contributed by atoms with Crippen molar-refractivity contribution in [2.24, 2.45) is 0 Å². The molecule has 0 saturated heterocycles. The molecule has 0 aromatic heterocycles. The highest BCUT2D eigenvalue weighted by Crippen LogP contribution is 2.15. The first-order valence-corrected chi connectivity index (χ1v) is 25.3. The van der Waals surface area contributed by atoms with Gasteiger partial charge < -0.3 is 14.2 Å². The predicted molar refractivity (Wildman–Crippen MR) is 247 cm³/mol. The molecule has 0 amide bonds. The molecule has 340 valence electrons. The Kier molecular flexibility index (Phi) is 45.8. The summed E-state index contributed by atoms with van der Waals surface area (Å²) < 4.78 is 16.7. The number of unbranched alkanes of at least 4 members (excludes halogenated alkanes) is 31. The zero-order chi connectivity index (χ0) is 42.3. The Bertz CT molecular complexity index is 942. The second kappa shape index (κ2) is 47.6. The Balaban J connectivity index is 4.15. The quantitative estimate of drug-likeness (QED) is 0.0263. The van der Waals surface area contributed by atoms with E-state index < -0.39 is 6.10 Å². The van der Waals surface area contributed by atoms with Gasteiger partial charge in [-0.1, -0.05) is 206 Å². The Labute approximate surface area is 360 Å². The normalized spacial score (nSPS) is 12.1. The van der Waals surface area contributed by atoms with Gasteiger partial charge in [0, 0.05) is 19.3 Å². The van der Waals surface area contributed by atoms with Gasteiger partial charge in [-0.05, 0) is 70.6 Å². The summed E-state index contributed by atoms with van der Waals surface area (Å²) in [6.45, 7) is 6.56. The van der Waals surface area contributed by atoms with Gasteiger partial charge in [0.1, 0.15) is 13.2 Å². The molecule has 0 aliphatic heterocycles. The fraction of sp³-hybridized carbons (Fsp3) is 0.865. The van der Waals surface area contributed by atoms with Crippen molar-refractivity contribution in [3.05, 3.63) is 24.3 Å². The minimum atomic E-state index is -0.769. The molecule has 0 rings (SSSR count). The van der Waals surface area contributed by atoms with Crippen molar-refractivity contribution in [3.8, 4) is 0 Å². The summed E-state index contributed by atoms with van der Waals surface area (Å²) in [4.78, 5) is 37.6. The molecule has 0 aliphatic rings. The smallest absolute Gasteiger partial charge is 0.306 e. The van der Waals surface area contributed by atoms with Crippen LogP contribution in [-0.4, -0.2) is 37.2 Å². The predicted octanol–water partition coefficient (Wildman–Crippen LogP) is 16.4. The molecular formula is C52H96O6. The summed E-state index contributed by atoms with van der Waals surface area (Å²) >= 11 is 0. The summed E-state index contributed by atoms with van der Waals surface area (Å²) in [6.07, 6.45) is 53.4. The van der Waals surface area contributed by atoms with Gasteiger partial charge in [0.25, 0.3) is 0 Å². The van der Waals surface area contributed by atoms with Crippen LogP contribution in [0.3, 0.4) is 0 Å². The van der Waals surface area contributed by atoms with E-state index in [9.17, 15) is 14.4 Å². The van der Waals surface area contributed by atoms with Gasteiger partial charge >= 0.3 is 17.9 Å². The van der Waals surface area contributed by atoms with Gasteiger partial charge in [-0.3, -0.25) is 14.4 Å². The number of rotatable bonds is 46. The molecule has 0 saturated carbocycles. The lowest BCUT2D eigenvalue weighted by Crippen LogP contribution is -2.30. The molecule has 0 fully saturated rings. The molecule has 1 unspecified atom stereocenters. The third kappa shape index (κ3) is 45.0. The first kappa shape index (κ1) is 55.9. The van der Waals surface area contributed by atoms with E-state index in [2.05, 4.69) is 45.1 Å². The molecule has 1 atom stereocenters. The van der Waals surface area contributed by atoms with Crippen molar-refractivity contribution in [1.82, 2.24) is 0 Å². The van der Waals surface area contributed by atoms with E-state index in [4.69, 9.17) is 14.2 Å². The fourth-order valence-corrected chi connectivity index (χ4v) is 7.31. The van der Waals surface area contributed by atoms with Crippen LogP contribution in [0.4, 0.5) is 0 Å². The monoisotopic (exact) mass is 817 g/mol. The average Bonchev–Trinajstić information content (AvgIpc) is 3.22. The lowest BCUT2D eigenvalue weighted by atomic mass is 10.1. The maximum atomic E-state index is 12.7. The topological polar surface area (TPSA) is 78.9 Å². The Morgan fingerprint density at radius 1 is 0.328 bits per heavy atom. The van der Waals surface area contributed by atoms with Crippen molar-refractivity contribution in [1.29, 1.82) is 0 Å². The van der Waals surface area contributed by atoms with Crippen molar-refractivity contribution < 1.29 is 28.6 Å². The summed E-state index contributed by atoms with van der Waals surface area (Å²) in [5.41, 5.74) is 0. The van der Waals surface area contributed by atoms with E-state index in [1.54, 1.807) is 0 Å². The molecule has 0 aromatic carbocycles. The maximum absolute atomic E-state index is 12.7. The molecular weight excluding hydrogens is 721 g/mol. The zero-order valence-electron chi connectivity index (χ0n) is 38.8. The minimum absolute atomic E-state index is 0.0737. The Morgan fingerprint density at radius 2 is 0.569 bits per heavy atom. The summed E-state index contributed by atoms with van der Waals surface area (Å²) in [6, 6.07) is 0. The van der Waals surface area contributed by atoms with Crippen molar-refractivity contribution >= 4 is 17.9 Å². The molecule has 0 bridgehead atoms. The molecule has 0 spiro atoms. The molecule has 0 heterocycles. The number of hydrogen-bond donors (Lipinski definition) is 0. The van der Waals surface area contributed by atoms with E-state index in [0.29, 0.717) is 19.3 Å². The first-order chi connectivity index (χ1) is 28.5. The van der Waals surface area contributed by atoms with E-state index >= 15 is 0 Å². The molecule has 0 radical (unpaired) electrons. The number of ether oxygens (including phenoxy) is 3. The fourth-order valence-electron chi connectivity index (χ4n) is 7.31. The van der Waals surface area contributed by atoms with Crippen molar-refractivity contribution in [3.63, 3.8) is 0 Å². The number of carbonyl (C=O) groups excluding carboxylic acids is 3. The summed E-state index contributed by atoms with van der Waals surface area (Å²) in [7, 11) is 0. The van der Waals surface area contributed by atoms with Crippen LogP contribution in [0.25, 0.3) is 0 Å². The van der Waals surface area contributed by atoms with Crippen LogP contribution in [0.1, 0.15) is 271 Å². The molecule has 0 N–H and O–H groups in total. The Morgan fingerprint density at radius 3 is 0.862 bits per heavy atom. The van der Waals surface area contributed by atoms with Crippen LogP contribution < -0.4 is 0 Å². The zero-order valence-corrected chi connectivity index (χ0v) is 38.8. The lowest BCUT2D eigenvalue weighted by Gasteiger charge is -2.18. The van der Waals surface area contributed by atoms with E-state index in [1.165, 1.54) is 161 Å². The van der Waals surface area contributed by atoms with Crippen molar-refractivity contribution in [2.75, 3.05) is 13.2 Å². The van der Waals surface area contributed by atoms with E-state index in [0.717, 1.165) is 70.6 Å². The van der Waals surface area contributed by atoms with Crippen LogP contribution >= 0.6 is 0 Å². The highest BCUT2D eigenvalue weighted by atomic mass is 16.6. The molecule has 58 heavy (non-hydrogen) atoms. The minimum Gasteiger partial charge on any atom is -0.462 e. The van der Waals surface area contributed by atoms with Crippen LogP contribution in [0, 0.1) is 0 Å². The summed E-state index contributed by atoms with van der Waals surface area (Å²) in [5, 5.41) is 0. The highest BCUT2D eigenvalue weighted by Gasteiger charge is 2.19. The lowest BCUT2D eigenvalue weighted by molar-refractivity contribution is -0.167. The van der Waals surface area contributed by atoms with Crippen molar-refractivity contribution in [2.45, 2.75) is 277 Å². The van der Waals surface area contributed by atoms with Crippen LogP contribution in [0.15, 0.2) is 24.3 Å². The van der Waals surface area contributed by atoms with Gasteiger partial charge in [0.05, 0.1) is 0 Å². The SMILES string of the molecule is CCCCCCCC/C=C\CCCCCCCCCCCC(=O)OCC(COC(=O)CCCCCCC)OC(=O)CCCCCCC/C=C\CCCCCCCCC. The standard InChI is InChI=1S/C52H96O6/c1-4-7-10-13-15-17-19-21-23-25-26-27-29-30-32-34-36-39-42-45-51(54)57-48-49(47-56-50(53)44-41-38-12-9-6-3)58-52(55)46-43-40-37-35-33-31-28-24-22-20-18-16-14-11-8-5-2/h21,23-24,28,49H,4-20,22,25-27,29-48H2,1-3H3/b23-21-,28-24-. The second-order valence-electron chi connectivity index (χ2n) is 17.1. The average molecular weight is 817 g/mol. The van der Waals surface area contributed by atoms with Gasteiger partial charge in [-0.25, -0.2) is 0 Å². The van der Waals surface area contributed by atoms with Gasteiger partial charge in [0.2, 0.25) is 0 Å². The molecule has 0 aliphatic carbocycles. The second-order valence-corrected chi connectivity index (χ2v) is 17.1. The molecule has 6 nitrogen and oxygen atoms in total. The molecule has 6 heteroatoms. The third-order valence-electron chi connectivity index (χ3n) is 11.2. The Hall–Kier alpha value is -2.11. The number of esters is 3. The van der Waals surface area contributed by atoms with Gasteiger partial charge in [-0.15, -0.1) is 0 Å².